The van der Waals surface area contributed by atoms with Gasteiger partial charge in [-0.15, -0.1) is 0 Å². The first kappa shape index (κ1) is 15.4. The number of anilines is 1. The van der Waals surface area contributed by atoms with Crippen LogP contribution in [0, 0.1) is 0 Å². The number of rotatable bonds is 5. The highest BCUT2D eigenvalue weighted by Gasteiger charge is 2.13. The van der Waals surface area contributed by atoms with Gasteiger partial charge in [0.15, 0.2) is 28.5 Å². The Morgan fingerprint density at radius 2 is 2.17 bits per heavy atom. The second-order valence-electron chi connectivity index (χ2n) is 4.87. The van der Waals surface area contributed by atoms with E-state index >= 15 is 0 Å². The molecule has 0 aliphatic heterocycles. The normalized spacial score (nSPS) is 10.9. The lowest BCUT2D eigenvalue weighted by molar-refractivity contribution is 0.371. The number of phenolic OH excluding ortho intramolecular Hbond substituents is 1. The third-order valence-corrected chi connectivity index (χ3v) is 3.70. The summed E-state index contributed by atoms with van der Waals surface area (Å²) in [5.41, 5.74) is 1.99. The van der Waals surface area contributed by atoms with Crippen molar-refractivity contribution in [2.24, 2.45) is 0 Å². The van der Waals surface area contributed by atoms with Crippen LogP contribution < -0.4 is 10.1 Å². The third-order valence-electron chi connectivity index (χ3n) is 3.53. The standard InChI is InChI=1S/C15H16ClN5O2/c1-3-21-8-18-11-13(19-15(16)20-14(11)21)17-7-9-5-4-6-10(23-2)12(9)22/h4-6,8,22H,3,7H2,1-2H3,(H,17,19,20). The van der Waals surface area contributed by atoms with Crippen LogP contribution in [0.15, 0.2) is 24.5 Å². The van der Waals surface area contributed by atoms with Gasteiger partial charge < -0.3 is 19.7 Å². The van der Waals surface area contributed by atoms with E-state index in [0.29, 0.717) is 34.8 Å². The minimum Gasteiger partial charge on any atom is -0.504 e. The van der Waals surface area contributed by atoms with Crippen LogP contribution in [0.4, 0.5) is 5.82 Å². The number of nitrogens with one attached hydrogen (secondary N) is 1. The van der Waals surface area contributed by atoms with Gasteiger partial charge in [0.25, 0.3) is 0 Å². The highest BCUT2D eigenvalue weighted by molar-refractivity contribution is 6.28. The number of fused-ring (bicyclic) bond motifs is 1. The molecule has 0 aliphatic rings. The molecule has 0 atom stereocenters. The highest BCUT2D eigenvalue weighted by Crippen LogP contribution is 2.30. The molecule has 2 heterocycles. The fraction of sp³-hybridized carbons (Fsp3) is 0.267. The van der Waals surface area contributed by atoms with Crippen LogP contribution in [-0.2, 0) is 13.1 Å². The van der Waals surface area contributed by atoms with Crippen molar-refractivity contribution in [1.82, 2.24) is 19.5 Å². The molecule has 0 aliphatic carbocycles. The number of aromatic nitrogens is 4. The van der Waals surface area contributed by atoms with Crippen molar-refractivity contribution >= 4 is 28.6 Å². The number of nitrogens with zero attached hydrogens (tertiary/aromatic N) is 4. The van der Waals surface area contributed by atoms with Crippen LogP contribution in [0.1, 0.15) is 12.5 Å². The van der Waals surface area contributed by atoms with Crippen LogP contribution in [0.2, 0.25) is 5.28 Å². The van der Waals surface area contributed by atoms with Gasteiger partial charge in [-0.3, -0.25) is 0 Å². The van der Waals surface area contributed by atoms with E-state index in [2.05, 4.69) is 20.3 Å². The Morgan fingerprint density at radius 3 is 2.91 bits per heavy atom. The molecule has 2 aromatic heterocycles. The number of phenols is 1. The van der Waals surface area contributed by atoms with Crippen LogP contribution >= 0.6 is 11.6 Å². The molecule has 0 bridgehead atoms. The number of benzene rings is 1. The molecule has 7 nitrogen and oxygen atoms in total. The zero-order chi connectivity index (χ0) is 16.4. The lowest BCUT2D eigenvalue weighted by Crippen LogP contribution is -2.04. The van der Waals surface area contributed by atoms with E-state index < -0.39 is 0 Å². The fourth-order valence-corrected chi connectivity index (χ4v) is 2.49. The van der Waals surface area contributed by atoms with Gasteiger partial charge in [0.05, 0.1) is 13.4 Å². The van der Waals surface area contributed by atoms with Crippen LogP contribution in [-0.4, -0.2) is 31.7 Å². The maximum atomic E-state index is 10.1. The number of hydrogen-bond acceptors (Lipinski definition) is 6. The van der Waals surface area contributed by atoms with Crippen molar-refractivity contribution in [3.8, 4) is 11.5 Å². The zero-order valence-corrected chi connectivity index (χ0v) is 13.5. The average Bonchev–Trinajstić information content (AvgIpc) is 2.96. The lowest BCUT2D eigenvalue weighted by atomic mass is 10.2. The molecule has 1 aromatic carbocycles. The molecule has 0 amide bonds. The van der Waals surface area contributed by atoms with Gasteiger partial charge >= 0.3 is 0 Å². The maximum absolute atomic E-state index is 10.1. The van der Waals surface area contributed by atoms with Crippen molar-refractivity contribution in [2.45, 2.75) is 20.0 Å². The summed E-state index contributed by atoms with van der Waals surface area (Å²) in [6.45, 7) is 3.09. The number of aromatic hydroxyl groups is 1. The van der Waals surface area contributed by atoms with Crippen molar-refractivity contribution in [3.63, 3.8) is 0 Å². The molecule has 8 heteroatoms. The summed E-state index contributed by atoms with van der Waals surface area (Å²) in [7, 11) is 1.51. The average molecular weight is 334 g/mol. The van der Waals surface area contributed by atoms with Crippen LogP contribution in [0.25, 0.3) is 11.2 Å². The van der Waals surface area contributed by atoms with Crippen molar-refractivity contribution in [2.75, 3.05) is 12.4 Å². The molecule has 0 fully saturated rings. The summed E-state index contributed by atoms with van der Waals surface area (Å²) in [5, 5.41) is 13.4. The van der Waals surface area contributed by atoms with Crippen molar-refractivity contribution < 1.29 is 9.84 Å². The number of methoxy groups -OCH3 is 1. The number of para-hydroxylation sites is 1. The van der Waals surface area contributed by atoms with Gasteiger partial charge in [0.2, 0.25) is 5.28 Å². The zero-order valence-electron chi connectivity index (χ0n) is 12.7. The molecule has 0 saturated carbocycles. The summed E-state index contributed by atoms with van der Waals surface area (Å²) in [6, 6.07) is 5.31. The smallest absolute Gasteiger partial charge is 0.226 e. The number of ether oxygens (including phenoxy) is 1. The molecule has 0 radical (unpaired) electrons. The van der Waals surface area contributed by atoms with E-state index in [9.17, 15) is 5.11 Å². The van der Waals surface area contributed by atoms with Gasteiger partial charge in [-0.25, -0.2) is 4.98 Å². The Hall–Kier alpha value is -2.54. The number of hydrogen-bond donors (Lipinski definition) is 2. The van der Waals surface area contributed by atoms with E-state index in [4.69, 9.17) is 16.3 Å². The summed E-state index contributed by atoms with van der Waals surface area (Å²) >= 11 is 6.00. The Labute approximate surface area is 137 Å². The van der Waals surface area contributed by atoms with Gasteiger partial charge in [0, 0.05) is 18.7 Å². The molecule has 2 N–H and O–H groups in total. The largest absolute Gasteiger partial charge is 0.504 e. The monoisotopic (exact) mass is 333 g/mol. The third kappa shape index (κ3) is 2.87. The topological polar surface area (TPSA) is 85.1 Å². The minimum absolute atomic E-state index is 0.0954. The molecule has 3 aromatic rings. The highest BCUT2D eigenvalue weighted by atomic mass is 35.5. The van der Waals surface area contributed by atoms with Crippen LogP contribution in [0.5, 0.6) is 11.5 Å². The van der Waals surface area contributed by atoms with E-state index in [1.165, 1.54) is 7.11 Å². The van der Waals surface area contributed by atoms with Gasteiger partial charge in [-0.1, -0.05) is 12.1 Å². The molecule has 0 saturated heterocycles. The molecule has 23 heavy (non-hydrogen) atoms. The van der Waals surface area contributed by atoms with Crippen molar-refractivity contribution in [3.05, 3.63) is 35.4 Å². The number of imidazole rings is 1. The quantitative estimate of drug-likeness (QED) is 0.698. The Bertz CT molecular complexity index is 849. The predicted molar refractivity (Wildman–Crippen MR) is 88.0 cm³/mol. The summed E-state index contributed by atoms with van der Waals surface area (Å²) in [5.74, 6) is 1.04. The maximum Gasteiger partial charge on any atom is 0.226 e. The first-order valence-corrected chi connectivity index (χ1v) is 7.49. The summed E-state index contributed by atoms with van der Waals surface area (Å²) < 4.78 is 6.99. The van der Waals surface area contributed by atoms with E-state index in [-0.39, 0.29) is 11.0 Å². The van der Waals surface area contributed by atoms with Crippen LogP contribution in [0.3, 0.4) is 0 Å². The first-order valence-electron chi connectivity index (χ1n) is 7.11. The molecule has 120 valence electrons. The predicted octanol–water partition coefficient (Wildman–Crippen LogP) is 2.83. The molecule has 0 spiro atoms. The van der Waals surface area contributed by atoms with E-state index in [1.807, 2.05) is 17.6 Å². The minimum atomic E-state index is 0.0954. The molecular formula is C15H16ClN5O2. The summed E-state index contributed by atoms with van der Waals surface area (Å²) in [6.07, 6.45) is 1.70. The van der Waals surface area contributed by atoms with E-state index in [0.717, 1.165) is 6.54 Å². The van der Waals surface area contributed by atoms with Gasteiger partial charge in [0.1, 0.15) is 0 Å². The second kappa shape index (κ2) is 6.29. The SMILES string of the molecule is CCn1cnc2c(NCc3cccc(OC)c3O)nc(Cl)nc21. The molecule has 3 rings (SSSR count). The van der Waals surface area contributed by atoms with Gasteiger partial charge in [-0.2, -0.15) is 9.97 Å². The molecular weight excluding hydrogens is 318 g/mol. The Kier molecular flexibility index (Phi) is 4.20. The number of aryl methyl sites for hydroxylation is 1. The van der Waals surface area contributed by atoms with Gasteiger partial charge in [-0.05, 0) is 24.6 Å². The fourth-order valence-electron chi connectivity index (χ4n) is 2.33. The summed E-state index contributed by atoms with van der Waals surface area (Å²) in [4.78, 5) is 12.7. The number of halogens is 1. The second-order valence-corrected chi connectivity index (χ2v) is 5.20. The van der Waals surface area contributed by atoms with E-state index in [1.54, 1.807) is 18.5 Å². The lowest BCUT2D eigenvalue weighted by Gasteiger charge is -2.10. The Balaban J connectivity index is 1.92. The Morgan fingerprint density at radius 1 is 1.35 bits per heavy atom. The molecule has 0 unspecified atom stereocenters. The van der Waals surface area contributed by atoms with Crippen molar-refractivity contribution in [1.29, 1.82) is 0 Å². The first-order chi connectivity index (χ1) is 11.1.